The van der Waals surface area contributed by atoms with Gasteiger partial charge in [0.2, 0.25) is 5.91 Å². The second-order valence-corrected chi connectivity index (χ2v) is 5.76. The van der Waals surface area contributed by atoms with E-state index in [1.54, 1.807) is 46.6 Å². The average Bonchev–Trinajstić information content (AvgIpc) is 2.66. The van der Waals surface area contributed by atoms with Crippen LogP contribution in [0.2, 0.25) is 0 Å². The first-order valence-electron chi connectivity index (χ1n) is 8.24. The summed E-state index contributed by atoms with van der Waals surface area (Å²) in [5.41, 5.74) is 1.69. The quantitative estimate of drug-likeness (QED) is 0.784. The standard InChI is InChI=1S/C20H25NO5/c1-13(14-6-8-18(25-4)19(11-14)26-5)21-20(22)12-15-10-16(23-2)7-9-17(15)24-3/h6-11,13H,12H2,1-5H3,(H,21,22)/t13-/m0/s1. The third kappa shape index (κ3) is 4.59. The van der Waals surface area contributed by atoms with E-state index in [1.165, 1.54) is 0 Å². The molecule has 0 bridgehead atoms. The van der Waals surface area contributed by atoms with Gasteiger partial charge in [-0.1, -0.05) is 6.07 Å². The molecule has 0 aliphatic carbocycles. The van der Waals surface area contributed by atoms with Crippen molar-refractivity contribution in [1.29, 1.82) is 0 Å². The first kappa shape index (κ1) is 19.4. The van der Waals surface area contributed by atoms with Crippen LogP contribution in [0.15, 0.2) is 36.4 Å². The first-order valence-corrected chi connectivity index (χ1v) is 8.24. The number of benzene rings is 2. The number of hydrogen-bond acceptors (Lipinski definition) is 5. The molecule has 0 saturated heterocycles. The summed E-state index contributed by atoms with van der Waals surface area (Å²) < 4.78 is 21.1. The van der Waals surface area contributed by atoms with Gasteiger partial charge in [0.05, 0.1) is 40.9 Å². The molecule has 0 aromatic heterocycles. The van der Waals surface area contributed by atoms with Crippen molar-refractivity contribution in [3.05, 3.63) is 47.5 Å². The Morgan fingerprint density at radius 2 is 1.54 bits per heavy atom. The van der Waals surface area contributed by atoms with Crippen LogP contribution in [-0.2, 0) is 11.2 Å². The van der Waals surface area contributed by atoms with Crippen molar-refractivity contribution in [2.24, 2.45) is 0 Å². The molecule has 2 aromatic rings. The molecule has 140 valence electrons. The Kier molecular flexibility index (Phi) is 6.72. The molecule has 0 spiro atoms. The Labute approximate surface area is 154 Å². The summed E-state index contributed by atoms with van der Waals surface area (Å²) in [5, 5.41) is 2.99. The van der Waals surface area contributed by atoms with Crippen LogP contribution in [0.25, 0.3) is 0 Å². The van der Waals surface area contributed by atoms with Crippen LogP contribution >= 0.6 is 0 Å². The molecule has 1 atom stereocenters. The summed E-state index contributed by atoms with van der Waals surface area (Å²) in [6.07, 6.45) is 0.192. The molecule has 0 aliphatic rings. The Hall–Kier alpha value is -2.89. The van der Waals surface area contributed by atoms with E-state index in [0.717, 1.165) is 11.1 Å². The zero-order valence-electron chi connectivity index (χ0n) is 15.8. The molecule has 0 unspecified atom stereocenters. The van der Waals surface area contributed by atoms with Crippen molar-refractivity contribution in [2.75, 3.05) is 28.4 Å². The Morgan fingerprint density at radius 3 is 2.15 bits per heavy atom. The van der Waals surface area contributed by atoms with Crippen molar-refractivity contribution in [3.63, 3.8) is 0 Å². The fourth-order valence-corrected chi connectivity index (χ4v) is 2.69. The number of amides is 1. The van der Waals surface area contributed by atoms with Crippen molar-refractivity contribution in [3.8, 4) is 23.0 Å². The molecule has 0 saturated carbocycles. The fourth-order valence-electron chi connectivity index (χ4n) is 2.69. The number of nitrogens with one attached hydrogen (secondary N) is 1. The summed E-state index contributed by atoms with van der Waals surface area (Å²) in [4.78, 5) is 12.5. The molecular formula is C20H25NO5. The predicted molar refractivity (Wildman–Crippen MR) is 99.4 cm³/mol. The third-order valence-electron chi connectivity index (χ3n) is 4.12. The Balaban J connectivity index is 2.10. The predicted octanol–water partition coefficient (Wildman–Crippen LogP) is 3.14. The summed E-state index contributed by atoms with van der Waals surface area (Å²) >= 11 is 0. The maximum atomic E-state index is 12.5. The van der Waals surface area contributed by atoms with Crippen LogP contribution in [0.3, 0.4) is 0 Å². The molecule has 2 rings (SSSR count). The fraction of sp³-hybridized carbons (Fsp3) is 0.350. The summed E-state index contributed by atoms with van der Waals surface area (Å²) in [5.74, 6) is 2.50. The Morgan fingerprint density at radius 1 is 0.885 bits per heavy atom. The molecule has 6 heteroatoms. The lowest BCUT2D eigenvalue weighted by Crippen LogP contribution is -2.28. The molecular weight excluding hydrogens is 334 g/mol. The van der Waals surface area contributed by atoms with Crippen LogP contribution in [0.1, 0.15) is 24.1 Å². The van der Waals surface area contributed by atoms with Crippen molar-refractivity contribution in [1.82, 2.24) is 5.32 Å². The second-order valence-electron chi connectivity index (χ2n) is 5.76. The summed E-state index contributed by atoms with van der Waals surface area (Å²) in [6, 6.07) is 10.8. The first-order chi connectivity index (χ1) is 12.5. The average molecular weight is 359 g/mol. The van der Waals surface area contributed by atoms with E-state index in [-0.39, 0.29) is 18.4 Å². The van der Waals surface area contributed by atoms with Gasteiger partial charge < -0.3 is 24.3 Å². The van der Waals surface area contributed by atoms with Gasteiger partial charge >= 0.3 is 0 Å². The lowest BCUT2D eigenvalue weighted by atomic mass is 10.1. The number of hydrogen-bond donors (Lipinski definition) is 1. The number of ether oxygens (including phenoxy) is 4. The van der Waals surface area contributed by atoms with Gasteiger partial charge in [0.15, 0.2) is 11.5 Å². The van der Waals surface area contributed by atoms with Crippen molar-refractivity contribution >= 4 is 5.91 Å². The van der Waals surface area contributed by atoms with E-state index in [0.29, 0.717) is 23.0 Å². The molecule has 26 heavy (non-hydrogen) atoms. The minimum absolute atomic E-state index is 0.112. The highest BCUT2D eigenvalue weighted by molar-refractivity contribution is 5.80. The molecule has 0 heterocycles. The van der Waals surface area contributed by atoms with Crippen LogP contribution in [0.5, 0.6) is 23.0 Å². The van der Waals surface area contributed by atoms with Gasteiger partial charge in [0.25, 0.3) is 0 Å². The number of rotatable bonds is 8. The lowest BCUT2D eigenvalue weighted by molar-refractivity contribution is -0.121. The number of carbonyl (C=O) groups is 1. The van der Waals surface area contributed by atoms with E-state index >= 15 is 0 Å². The largest absolute Gasteiger partial charge is 0.497 e. The van der Waals surface area contributed by atoms with Gasteiger partial charge in [-0.3, -0.25) is 4.79 Å². The highest BCUT2D eigenvalue weighted by Crippen LogP contribution is 2.30. The van der Waals surface area contributed by atoms with Crippen LogP contribution in [0.4, 0.5) is 0 Å². The zero-order chi connectivity index (χ0) is 19.1. The topological polar surface area (TPSA) is 66.0 Å². The van der Waals surface area contributed by atoms with Gasteiger partial charge in [-0.25, -0.2) is 0 Å². The van der Waals surface area contributed by atoms with E-state index in [1.807, 2.05) is 25.1 Å². The monoisotopic (exact) mass is 359 g/mol. The molecule has 0 aliphatic heterocycles. The molecule has 0 fully saturated rings. The van der Waals surface area contributed by atoms with E-state index in [9.17, 15) is 4.79 Å². The highest BCUT2D eigenvalue weighted by atomic mass is 16.5. The smallest absolute Gasteiger partial charge is 0.225 e. The third-order valence-corrected chi connectivity index (χ3v) is 4.12. The van der Waals surface area contributed by atoms with E-state index in [4.69, 9.17) is 18.9 Å². The maximum absolute atomic E-state index is 12.5. The van der Waals surface area contributed by atoms with Gasteiger partial charge in [0, 0.05) is 5.56 Å². The van der Waals surface area contributed by atoms with Crippen LogP contribution in [0, 0.1) is 0 Å². The maximum Gasteiger partial charge on any atom is 0.225 e. The van der Waals surface area contributed by atoms with Gasteiger partial charge in [-0.15, -0.1) is 0 Å². The highest BCUT2D eigenvalue weighted by Gasteiger charge is 2.15. The van der Waals surface area contributed by atoms with Gasteiger partial charge in [0.1, 0.15) is 11.5 Å². The van der Waals surface area contributed by atoms with Crippen LogP contribution < -0.4 is 24.3 Å². The van der Waals surface area contributed by atoms with E-state index in [2.05, 4.69) is 5.32 Å². The zero-order valence-corrected chi connectivity index (χ0v) is 15.8. The van der Waals surface area contributed by atoms with Crippen LogP contribution in [-0.4, -0.2) is 34.3 Å². The molecule has 1 amide bonds. The minimum atomic E-state index is -0.182. The Bertz CT molecular complexity index is 760. The summed E-state index contributed by atoms with van der Waals surface area (Å²) in [7, 11) is 6.34. The minimum Gasteiger partial charge on any atom is -0.497 e. The normalized spacial score (nSPS) is 11.4. The molecule has 0 radical (unpaired) electrons. The van der Waals surface area contributed by atoms with Gasteiger partial charge in [-0.05, 0) is 42.8 Å². The molecule has 2 aromatic carbocycles. The molecule has 6 nitrogen and oxygen atoms in total. The number of methoxy groups -OCH3 is 4. The SMILES string of the molecule is COc1ccc(OC)c(CC(=O)N[C@@H](C)c2ccc(OC)c(OC)c2)c1. The van der Waals surface area contributed by atoms with Crippen molar-refractivity contribution < 1.29 is 23.7 Å². The van der Waals surface area contributed by atoms with Gasteiger partial charge in [-0.2, -0.15) is 0 Å². The number of carbonyl (C=O) groups excluding carboxylic acids is 1. The van der Waals surface area contributed by atoms with Crippen molar-refractivity contribution in [2.45, 2.75) is 19.4 Å². The summed E-state index contributed by atoms with van der Waals surface area (Å²) in [6.45, 7) is 1.92. The lowest BCUT2D eigenvalue weighted by Gasteiger charge is -2.17. The second kappa shape index (κ2) is 8.99. The molecule has 1 N–H and O–H groups in total. The van der Waals surface area contributed by atoms with E-state index < -0.39 is 0 Å².